The van der Waals surface area contributed by atoms with Crippen molar-refractivity contribution in [1.29, 1.82) is 0 Å². The average Bonchev–Trinajstić information content (AvgIpc) is 3.27. The van der Waals surface area contributed by atoms with Gasteiger partial charge < -0.3 is 9.88 Å². The third-order valence-electron chi connectivity index (χ3n) is 4.77. The van der Waals surface area contributed by atoms with E-state index in [1.165, 1.54) is 5.56 Å². The van der Waals surface area contributed by atoms with E-state index >= 15 is 0 Å². The fraction of sp³-hybridized carbons (Fsp3) is 0.286. The van der Waals surface area contributed by atoms with Crippen LogP contribution in [0.4, 0.5) is 0 Å². The molecule has 0 fully saturated rings. The summed E-state index contributed by atoms with van der Waals surface area (Å²) < 4.78 is 4.02. The van der Waals surface area contributed by atoms with Crippen LogP contribution in [0.25, 0.3) is 21.9 Å². The van der Waals surface area contributed by atoms with Gasteiger partial charge in [0.25, 0.3) is 0 Å². The van der Waals surface area contributed by atoms with Crippen LogP contribution in [-0.2, 0) is 17.9 Å². The smallest absolute Gasteiger partial charge is 0.221 e. The molecule has 2 aromatic heterocycles. The monoisotopic (exact) mass is 361 g/mol. The Kier molecular flexibility index (Phi) is 4.87. The Morgan fingerprint density at radius 3 is 2.93 bits per heavy atom. The largest absolute Gasteiger partial charge is 0.356 e. The first kappa shape index (κ1) is 17.3. The van der Waals surface area contributed by atoms with Crippen molar-refractivity contribution >= 4 is 27.8 Å². The second kappa shape index (κ2) is 7.61. The van der Waals surface area contributed by atoms with E-state index in [0.29, 0.717) is 19.5 Å². The maximum absolute atomic E-state index is 12.1. The van der Waals surface area contributed by atoms with Gasteiger partial charge in [0.1, 0.15) is 0 Å². The quantitative estimate of drug-likeness (QED) is 0.514. The van der Waals surface area contributed by atoms with Crippen molar-refractivity contribution in [3.63, 3.8) is 0 Å². The van der Waals surface area contributed by atoms with Crippen LogP contribution in [0.3, 0.4) is 0 Å². The van der Waals surface area contributed by atoms with Gasteiger partial charge in [-0.15, -0.1) is 0 Å². The highest BCUT2D eigenvalue weighted by Crippen LogP contribution is 2.15. The van der Waals surface area contributed by atoms with Crippen molar-refractivity contribution in [2.45, 2.75) is 32.9 Å². The summed E-state index contributed by atoms with van der Waals surface area (Å²) in [5.74, 6) is 0.0567. The van der Waals surface area contributed by atoms with Gasteiger partial charge in [0.15, 0.2) is 0 Å². The molecule has 138 valence electrons. The van der Waals surface area contributed by atoms with Crippen molar-refractivity contribution in [2.75, 3.05) is 6.54 Å². The number of benzene rings is 2. The molecule has 6 heteroatoms. The number of nitrogens with zero attached hydrogens (tertiary/aromatic N) is 4. The number of hydrogen-bond acceptors (Lipinski definition) is 3. The molecule has 0 aliphatic rings. The van der Waals surface area contributed by atoms with Gasteiger partial charge in [0.05, 0.1) is 35.6 Å². The van der Waals surface area contributed by atoms with E-state index in [4.69, 9.17) is 0 Å². The topological polar surface area (TPSA) is 64.7 Å². The lowest BCUT2D eigenvalue weighted by atomic mass is 10.2. The Morgan fingerprint density at radius 1 is 1.11 bits per heavy atom. The zero-order chi connectivity index (χ0) is 18.6. The molecule has 0 radical (unpaired) electrons. The number of para-hydroxylation sites is 2. The molecule has 6 nitrogen and oxygen atoms in total. The first-order valence-corrected chi connectivity index (χ1v) is 9.29. The molecule has 1 amide bonds. The molecule has 0 atom stereocenters. The Hall–Kier alpha value is -3.15. The van der Waals surface area contributed by atoms with E-state index in [0.717, 1.165) is 34.9 Å². The summed E-state index contributed by atoms with van der Waals surface area (Å²) in [4.78, 5) is 16.5. The number of carbonyl (C=O) groups excluding carboxylic acids is 1. The minimum Gasteiger partial charge on any atom is -0.356 e. The van der Waals surface area contributed by atoms with Gasteiger partial charge in [0, 0.05) is 24.9 Å². The van der Waals surface area contributed by atoms with Crippen molar-refractivity contribution in [3.05, 3.63) is 60.6 Å². The summed E-state index contributed by atoms with van der Waals surface area (Å²) in [6.07, 6.45) is 5.02. The Bertz CT molecular complexity index is 1080. The molecule has 0 unspecified atom stereocenters. The van der Waals surface area contributed by atoms with Gasteiger partial charge in [-0.25, -0.2) is 4.98 Å². The Labute approximate surface area is 157 Å². The minimum absolute atomic E-state index is 0.0567. The second-order valence-electron chi connectivity index (χ2n) is 6.81. The number of amides is 1. The van der Waals surface area contributed by atoms with Crippen LogP contribution in [0, 0.1) is 6.92 Å². The third kappa shape index (κ3) is 3.84. The highest BCUT2D eigenvalue weighted by atomic mass is 16.1. The molecule has 0 saturated heterocycles. The predicted molar refractivity (Wildman–Crippen MR) is 106 cm³/mol. The molecule has 0 bridgehead atoms. The molecule has 27 heavy (non-hydrogen) atoms. The summed E-state index contributed by atoms with van der Waals surface area (Å²) in [7, 11) is 0. The van der Waals surface area contributed by atoms with Crippen molar-refractivity contribution < 1.29 is 4.79 Å². The lowest BCUT2D eigenvalue weighted by Crippen LogP contribution is -2.26. The first-order chi connectivity index (χ1) is 13.2. The van der Waals surface area contributed by atoms with Crippen molar-refractivity contribution in [2.24, 2.45) is 0 Å². The van der Waals surface area contributed by atoms with Crippen LogP contribution < -0.4 is 5.32 Å². The SMILES string of the molecule is Cc1ccc2c(cnn2CCC(=O)NCCCn2cnc3ccccc32)c1. The summed E-state index contributed by atoms with van der Waals surface area (Å²) in [6.45, 7) is 4.15. The van der Waals surface area contributed by atoms with Crippen molar-refractivity contribution in [3.8, 4) is 0 Å². The molecule has 4 rings (SSSR count). The number of nitrogens with one attached hydrogen (secondary N) is 1. The third-order valence-corrected chi connectivity index (χ3v) is 4.77. The first-order valence-electron chi connectivity index (χ1n) is 9.29. The maximum Gasteiger partial charge on any atom is 0.221 e. The number of carbonyl (C=O) groups is 1. The van der Waals surface area contributed by atoms with Crippen LogP contribution >= 0.6 is 0 Å². The fourth-order valence-electron chi connectivity index (χ4n) is 3.35. The number of hydrogen-bond donors (Lipinski definition) is 1. The van der Waals surface area contributed by atoms with Crippen LogP contribution in [0.2, 0.25) is 0 Å². The summed E-state index contributed by atoms with van der Waals surface area (Å²) in [5, 5.41) is 8.51. The Morgan fingerprint density at radius 2 is 2.00 bits per heavy atom. The number of imidazole rings is 1. The molecular weight excluding hydrogens is 338 g/mol. The molecule has 1 N–H and O–H groups in total. The second-order valence-corrected chi connectivity index (χ2v) is 6.81. The van der Waals surface area contributed by atoms with Crippen LogP contribution in [-0.4, -0.2) is 31.8 Å². The molecule has 4 aromatic rings. The van der Waals surface area contributed by atoms with Crippen LogP contribution in [0.5, 0.6) is 0 Å². The number of aryl methyl sites for hydroxylation is 3. The van der Waals surface area contributed by atoms with E-state index in [2.05, 4.69) is 51.2 Å². The number of aromatic nitrogens is 4. The van der Waals surface area contributed by atoms with Gasteiger partial charge in [0.2, 0.25) is 5.91 Å². The maximum atomic E-state index is 12.1. The molecule has 0 aliphatic carbocycles. The van der Waals surface area contributed by atoms with E-state index in [1.54, 1.807) is 0 Å². The summed E-state index contributed by atoms with van der Waals surface area (Å²) in [6, 6.07) is 14.3. The van der Waals surface area contributed by atoms with Gasteiger partial charge in [-0.3, -0.25) is 9.48 Å². The molecule has 0 saturated carbocycles. The Balaban J connectivity index is 1.24. The van der Waals surface area contributed by atoms with E-state index in [1.807, 2.05) is 35.4 Å². The average molecular weight is 361 g/mol. The van der Waals surface area contributed by atoms with E-state index in [9.17, 15) is 4.79 Å². The summed E-state index contributed by atoms with van der Waals surface area (Å²) >= 11 is 0. The van der Waals surface area contributed by atoms with Gasteiger partial charge in [-0.1, -0.05) is 23.8 Å². The minimum atomic E-state index is 0.0567. The highest BCUT2D eigenvalue weighted by Gasteiger charge is 2.06. The standard InChI is InChI=1S/C21H23N5O/c1-16-7-8-19-17(13-16)14-24-26(19)12-9-21(27)22-10-4-11-25-15-23-18-5-2-3-6-20(18)25/h2-3,5-8,13-15H,4,9-12H2,1H3,(H,22,27). The number of rotatable bonds is 7. The zero-order valence-corrected chi connectivity index (χ0v) is 15.4. The number of fused-ring (bicyclic) bond motifs is 2. The van der Waals surface area contributed by atoms with Crippen LogP contribution in [0.15, 0.2) is 55.0 Å². The molecule has 2 heterocycles. The lowest BCUT2D eigenvalue weighted by Gasteiger charge is -2.07. The molecular formula is C21H23N5O. The zero-order valence-electron chi connectivity index (χ0n) is 15.4. The van der Waals surface area contributed by atoms with E-state index < -0.39 is 0 Å². The normalized spacial score (nSPS) is 11.3. The van der Waals surface area contributed by atoms with Gasteiger partial charge in [-0.05, 0) is 37.6 Å². The van der Waals surface area contributed by atoms with Crippen molar-refractivity contribution in [1.82, 2.24) is 24.6 Å². The van der Waals surface area contributed by atoms with Gasteiger partial charge >= 0.3 is 0 Å². The predicted octanol–water partition coefficient (Wildman–Crippen LogP) is 3.29. The molecule has 0 spiro atoms. The lowest BCUT2D eigenvalue weighted by molar-refractivity contribution is -0.121. The molecule has 0 aliphatic heterocycles. The fourth-order valence-corrected chi connectivity index (χ4v) is 3.35. The van der Waals surface area contributed by atoms with E-state index in [-0.39, 0.29) is 5.91 Å². The summed E-state index contributed by atoms with van der Waals surface area (Å²) in [5.41, 5.74) is 4.42. The van der Waals surface area contributed by atoms with Gasteiger partial charge in [-0.2, -0.15) is 5.10 Å². The van der Waals surface area contributed by atoms with Crippen LogP contribution in [0.1, 0.15) is 18.4 Å². The molecule has 2 aromatic carbocycles. The highest BCUT2D eigenvalue weighted by molar-refractivity contribution is 5.80.